The average molecular weight is 248 g/mol. The second kappa shape index (κ2) is 5.40. The summed E-state index contributed by atoms with van der Waals surface area (Å²) in [6, 6.07) is 5.41. The zero-order valence-corrected chi connectivity index (χ0v) is 10.6. The Hall–Kier alpha value is -1.55. The van der Waals surface area contributed by atoms with Crippen molar-refractivity contribution >= 4 is 11.6 Å². The van der Waals surface area contributed by atoms with Crippen LogP contribution in [0, 0.1) is 12.8 Å². The standard InChI is InChI=1S/C14H20N2O2/c1-9-5-6-12(15)11(7-9)14(18)16-8-10-3-2-4-13(10)17/h5-7,10,13,17H,2-4,8,15H2,1H3,(H,16,18). The highest BCUT2D eigenvalue weighted by atomic mass is 16.3. The van der Waals surface area contributed by atoms with E-state index in [9.17, 15) is 9.90 Å². The minimum atomic E-state index is -0.278. The van der Waals surface area contributed by atoms with Gasteiger partial charge in [0, 0.05) is 18.2 Å². The summed E-state index contributed by atoms with van der Waals surface area (Å²) in [6.45, 7) is 2.45. The number of nitrogen functional groups attached to an aromatic ring is 1. The SMILES string of the molecule is Cc1ccc(N)c(C(=O)NCC2CCCC2O)c1. The maximum atomic E-state index is 12.0. The highest BCUT2D eigenvalue weighted by Gasteiger charge is 2.25. The molecule has 2 atom stereocenters. The molecule has 4 nitrogen and oxygen atoms in total. The number of nitrogens with one attached hydrogen (secondary N) is 1. The molecular formula is C14H20N2O2. The van der Waals surface area contributed by atoms with Crippen molar-refractivity contribution in [3.05, 3.63) is 29.3 Å². The van der Waals surface area contributed by atoms with E-state index in [2.05, 4.69) is 5.32 Å². The Kier molecular flexibility index (Phi) is 3.87. The molecule has 0 heterocycles. The number of hydrogen-bond donors (Lipinski definition) is 3. The van der Waals surface area contributed by atoms with Crippen LogP contribution in [-0.2, 0) is 0 Å². The van der Waals surface area contributed by atoms with Crippen molar-refractivity contribution in [1.82, 2.24) is 5.32 Å². The van der Waals surface area contributed by atoms with Crippen LogP contribution >= 0.6 is 0 Å². The molecule has 0 radical (unpaired) electrons. The van der Waals surface area contributed by atoms with Gasteiger partial charge in [0.1, 0.15) is 0 Å². The highest BCUT2D eigenvalue weighted by molar-refractivity contribution is 5.99. The Bertz CT molecular complexity index is 445. The summed E-state index contributed by atoms with van der Waals surface area (Å²) >= 11 is 0. The fraction of sp³-hybridized carbons (Fsp3) is 0.500. The van der Waals surface area contributed by atoms with Gasteiger partial charge in [0.2, 0.25) is 0 Å². The van der Waals surface area contributed by atoms with Crippen LogP contribution in [0.25, 0.3) is 0 Å². The first-order valence-electron chi connectivity index (χ1n) is 6.40. The predicted octanol–water partition coefficient (Wildman–Crippen LogP) is 1.47. The summed E-state index contributed by atoms with van der Waals surface area (Å²) in [6.07, 6.45) is 2.58. The Labute approximate surface area is 107 Å². The van der Waals surface area contributed by atoms with Crippen molar-refractivity contribution < 1.29 is 9.90 Å². The van der Waals surface area contributed by atoms with Gasteiger partial charge < -0.3 is 16.2 Å². The first-order chi connectivity index (χ1) is 8.58. The van der Waals surface area contributed by atoms with Gasteiger partial charge in [0.25, 0.3) is 5.91 Å². The zero-order valence-electron chi connectivity index (χ0n) is 10.6. The van der Waals surface area contributed by atoms with E-state index in [4.69, 9.17) is 5.73 Å². The lowest BCUT2D eigenvalue weighted by Crippen LogP contribution is -2.32. The third-order valence-corrected chi connectivity index (χ3v) is 3.60. The van der Waals surface area contributed by atoms with Gasteiger partial charge >= 0.3 is 0 Å². The number of carbonyl (C=O) groups excluding carboxylic acids is 1. The maximum Gasteiger partial charge on any atom is 0.253 e. The van der Waals surface area contributed by atoms with Crippen LogP contribution in [0.5, 0.6) is 0 Å². The van der Waals surface area contributed by atoms with Gasteiger partial charge in [-0.3, -0.25) is 4.79 Å². The molecule has 0 saturated heterocycles. The largest absolute Gasteiger partial charge is 0.398 e. The van der Waals surface area contributed by atoms with Gasteiger partial charge in [0.15, 0.2) is 0 Å². The van der Waals surface area contributed by atoms with Crippen molar-refractivity contribution in [3.63, 3.8) is 0 Å². The van der Waals surface area contributed by atoms with E-state index < -0.39 is 0 Å². The van der Waals surface area contributed by atoms with Gasteiger partial charge in [-0.25, -0.2) is 0 Å². The molecule has 2 unspecified atom stereocenters. The molecule has 0 bridgehead atoms. The molecule has 1 amide bonds. The summed E-state index contributed by atoms with van der Waals surface area (Å²) in [5.74, 6) is 0.0234. The molecule has 1 aliphatic carbocycles. The highest BCUT2D eigenvalue weighted by Crippen LogP contribution is 2.24. The molecule has 4 N–H and O–H groups in total. The van der Waals surface area contributed by atoms with Gasteiger partial charge in [-0.2, -0.15) is 0 Å². The average Bonchev–Trinajstić information content (AvgIpc) is 2.75. The molecule has 1 aromatic rings. The van der Waals surface area contributed by atoms with E-state index in [-0.39, 0.29) is 17.9 Å². The molecule has 4 heteroatoms. The number of anilines is 1. The fourth-order valence-electron chi connectivity index (χ4n) is 2.44. The van der Waals surface area contributed by atoms with Gasteiger partial charge in [-0.05, 0) is 31.9 Å². The maximum absolute atomic E-state index is 12.0. The first-order valence-corrected chi connectivity index (χ1v) is 6.40. The molecule has 0 aromatic heterocycles. The Morgan fingerprint density at radius 1 is 1.50 bits per heavy atom. The number of aryl methyl sites for hydroxylation is 1. The summed E-state index contributed by atoms with van der Waals surface area (Å²) in [5.41, 5.74) is 7.81. The van der Waals surface area contributed by atoms with Crippen molar-refractivity contribution in [2.24, 2.45) is 5.92 Å². The molecule has 98 valence electrons. The van der Waals surface area contributed by atoms with Crippen LogP contribution in [-0.4, -0.2) is 23.7 Å². The van der Waals surface area contributed by atoms with Crippen molar-refractivity contribution in [2.75, 3.05) is 12.3 Å². The zero-order chi connectivity index (χ0) is 13.1. The minimum Gasteiger partial charge on any atom is -0.398 e. The van der Waals surface area contributed by atoms with Crippen molar-refractivity contribution in [3.8, 4) is 0 Å². The van der Waals surface area contributed by atoms with E-state index in [1.165, 1.54) is 0 Å². The summed E-state index contributed by atoms with van der Waals surface area (Å²) in [4.78, 5) is 12.0. The number of hydrogen-bond acceptors (Lipinski definition) is 3. The fourth-order valence-corrected chi connectivity index (χ4v) is 2.44. The molecule has 0 aliphatic heterocycles. The minimum absolute atomic E-state index is 0.157. The van der Waals surface area contributed by atoms with E-state index in [1.807, 2.05) is 13.0 Å². The van der Waals surface area contributed by atoms with E-state index in [1.54, 1.807) is 12.1 Å². The topological polar surface area (TPSA) is 75.4 Å². The molecular weight excluding hydrogens is 228 g/mol. The lowest BCUT2D eigenvalue weighted by atomic mass is 10.1. The lowest BCUT2D eigenvalue weighted by molar-refractivity contribution is 0.0917. The first kappa shape index (κ1) is 12.9. The predicted molar refractivity (Wildman–Crippen MR) is 71.3 cm³/mol. The number of amides is 1. The van der Waals surface area contributed by atoms with Gasteiger partial charge in [-0.1, -0.05) is 18.1 Å². The molecule has 0 spiro atoms. The quantitative estimate of drug-likeness (QED) is 0.709. The van der Waals surface area contributed by atoms with Crippen LogP contribution in [0.4, 0.5) is 5.69 Å². The number of carbonyl (C=O) groups is 1. The normalized spacial score (nSPS) is 23.0. The number of nitrogens with two attached hydrogens (primary N) is 1. The van der Waals surface area contributed by atoms with Crippen LogP contribution in [0.3, 0.4) is 0 Å². The number of rotatable bonds is 3. The van der Waals surface area contributed by atoms with E-state index in [0.29, 0.717) is 17.8 Å². The van der Waals surface area contributed by atoms with E-state index in [0.717, 1.165) is 24.8 Å². The van der Waals surface area contributed by atoms with Crippen LogP contribution in [0.15, 0.2) is 18.2 Å². The van der Waals surface area contributed by atoms with Crippen molar-refractivity contribution in [2.45, 2.75) is 32.3 Å². The van der Waals surface area contributed by atoms with Gasteiger partial charge in [-0.15, -0.1) is 0 Å². The van der Waals surface area contributed by atoms with E-state index >= 15 is 0 Å². The molecule has 18 heavy (non-hydrogen) atoms. The Balaban J connectivity index is 1.97. The summed E-state index contributed by atoms with van der Waals surface area (Å²) in [5, 5.41) is 12.6. The molecule has 2 rings (SSSR count). The van der Waals surface area contributed by atoms with Crippen LogP contribution in [0.2, 0.25) is 0 Å². The number of aliphatic hydroxyl groups is 1. The molecule has 1 aromatic carbocycles. The molecule has 1 saturated carbocycles. The monoisotopic (exact) mass is 248 g/mol. The second-order valence-corrected chi connectivity index (χ2v) is 5.06. The summed E-state index contributed by atoms with van der Waals surface area (Å²) < 4.78 is 0. The molecule has 1 fully saturated rings. The third kappa shape index (κ3) is 2.82. The summed E-state index contributed by atoms with van der Waals surface area (Å²) in [7, 11) is 0. The second-order valence-electron chi connectivity index (χ2n) is 5.06. The van der Waals surface area contributed by atoms with Crippen LogP contribution < -0.4 is 11.1 Å². The van der Waals surface area contributed by atoms with Gasteiger partial charge in [0.05, 0.1) is 11.7 Å². The number of benzene rings is 1. The van der Waals surface area contributed by atoms with Crippen LogP contribution in [0.1, 0.15) is 35.2 Å². The third-order valence-electron chi connectivity index (χ3n) is 3.60. The Morgan fingerprint density at radius 3 is 2.94 bits per heavy atom. The molecule has 1 aliphatic rings. The lowest BCUT2D eigenvalue weighted by Gasteiger charge is -2.15. The van der Waals surface area contributed by atoms with Crippen molar-refractivity contribution in [1.29, 1.82) is 0 Å². The Morgan fingerprint density at radius 2 is 2.28 bits per heavy atom. The smallest absolute Gasteiger partial charge is 0.253 e. The number of aliphatic hydroxyl groups excluding tert-OH is 1.